The van der Waals surface area contributed by atoms with Crippen molar-refractivity contribution < 1.29 is 14.3 Å². The van der Waals surface area contributed by atoms with Crippen LogP contribution in [0.4, 0.5) is 5.69 Å². The highest BCUT2D eigenvalue weighted by Crippen LogP contribution is 2.23. The zero-order valence-corrected chi connectivity index (χ0v) is 18.8. The first-order valence-corrected chi connectivity index (χ1v) is 10.3. The lowest BCUT2D eigenvalue weighted by Gasteiger charge is -2.26. The number of ether oxygens (including phenoxy) is 2. The second-order valence-electron chi connectivity index (χ2n) is 8.75. The largest absolute Gasteiger partial charge is 0.371 e. The molecule has 2 aromatic rings. The second kappa shape index (κ2) is 10.2. The Bertz CT molecular complexity index is 812. The number of anilines is 1. The van der Waals surface area contributed by atoms with Crippen LogP contribution in [0.15, 0.2) is 48.5 Å². The molecule has 5 heteroatoms. The molecule has 0 aromatic heterocycles. The topological polar surface area (TPSA) is 47.6 Å². The predicted octanol–water partition coefficient (Wildman–Crippen LogP) is 6.02. The van der Waals surface area contributed by atoms with Crippen LogP contribution in [0.5, 0.6) is 0 Å². The fraction of sp³-hybridized carbons (Fsp3) is 0.458. The molecular formula is C24H32ClNO3. The molecule has 2 aromatic carbocycles. The number of rotatable bonds is 9. The summed E-state index contributed by atoms with van der Waals surface area (Å²) in [6.07, 6.45) is 1.64. The molecule has 0 atom stereocenters. The van der Waals surface area contributed by atoms with Gasteiger partial charge in [0, 0.05) is 0 Å². The van der Waals surface area contributed by atoms with Crippen molar-refractivity contribution in [3.05, 3.63) is 64.7 Å². The molecule has 4 nitrogen and oxygen atoms in total. The summed E-state index contributed by atoms with van der Waals surface area (Å²) in [5, 5.41) is 3.29. The minimum absolute atomic E-state index is 0.0208. The quantitative estimate of drug-likeness (QED) is 0.542. The monoisotopic (exact) mass is 417 g/mol. The number of benzene rings is 2. The zero-order valence-electron chi connectivity index (χ0n) is 18.0. The molecule has 0 heterocycles. The van der Waals surface area contributed by atoms with Crippen LogP contribution in [0.25, 0.3) is 0 Å². The normalized spacial score (nSPS) is 12.1. The van der Waals surface area contributed by atoms with Gasteiger partial charge in [-0.15, -0.1) is 0 Å². The molecular weight excluding hydrogens is 386 g/mol. The van der Waals surface area contributed by atoms with Gasteiger partial charge in [-0.2, -0.15) is 0 Å². The van der Waals surface area contributed by atoms with Crippen molar-refractivity contribution in [3.63, 3.8) is 0 Å². The van der Waals surface area contributed by atoms with Crippen LogP contribution in [0.1, 0.15) is 52.2 Å². The molecule has 1 N–H and O–H groups in total. The summed E-state index contributed by atoms with van der Waals surface area (Å²) in [7, 11) is 0. The molecule has 0 unspecified atom stereocenters. The van der Waals surface area contributed by atoms with E-state index in [1.54, 1.807) is 12.1 Å². The van der Waals surface area contributed by atoms with Gasteiger partial charge >= 0.3 is 0 Å². The molecule has 0 bridgehead atoms. The predicted molar refractivity (Wildman–Crippen MR) is 119 cm³/mol. The molecule has 0 aliphatic rings. The van der Waals surface area contributed by atoms with E-state index in [1.165, 1.54) is 11.1 Å². The van der Waals surface area contributed by atoms with Gasteiger partial charge in [0.05, 0.1) is 28.5 Å². The van der Waals surface area contributed by atoms with E-state index >= 15 is 0 Å². The third-order valence-electron chi connectivity index (χ3n) is 4.52. The van der Waals surface area contributed by atoms with Crippen molar-refractivity contribution in [2.75, 3.05) is 11.9 Å². The first kappa shape index (κ1) is 23.4. The zero-order chi connectivity index (χ0) is 21.5. The Morgan fingerprint density at radius 3 is 2.21 bits per heavy atom. The molecule has 158 valence electrons. The highest BCUT2D eigenvalue weighted by Gasteiger charge is 2.21. The van der Waals surface area contributed by atoms with Gasteiger partial charge in [-0.1, -0.05) is 48.0 Å². The Balaban J connectivity index is 1.87. The fourth-order valence-electron chi connectivity index (χ4n) is 2.75. The van der Waals surface area contributed by atoms with Crippen molar-refractivity contribution in [1.82, 2.24) is 0 Å². The Hall–Kier alpha value is -1.88. The lowest BCUT2D eigenvalue weighted by atomic mass is 9.95. The Kier molecular flexibility index (Phi) is 8.26. The second-order valence-corrected chi connectivity index (χ2v) is 9.15. The number of hydrogen-bond acceptors (Lipinski definition) is 3. The maximum atomic E-state index is 12.2. The van der Waals surface area contributed by atoms with Crippen LogP contribution in [0, 0.1) is 0 Å². The van der Waals surface area contributed by atoms with E-state index in [9.17, 15) is 4.79 Å². The van der Waals surface area contributed by atoms with Gasteiger partial charge in [-0.05, 0) is 70.7 Å². The van der Waals surface area contributed by atoms with E-state index in [-0.39, 0.29) is 18.1 Å². The third-order valence-corrected chi connectivity index (χ3v) is 4.85. The Morgan fingerprint density at radius 2 is 1.55 bits per heavy atom. The van der Waals surface area contributed by atoms with Crippen LogP contribution in [-0.2, 0) is 27.3 Å². The van der Waals surface area contributed by atoms with Crippen LogP contribution in [0.2, 0.25) is 5.02 Å². The third kappa shape index (κ3) is 8.57. The summed E-state index contributed by atoms with van der Waals surface area (Å²) in [4.78, 5) is 12.2. The van der Waals surface area contributed by atoms with E-state index in [2.05, 4.69) is 38.2 Å². The van der Waals surface area contributed by atoms with E-state index in [4.69, 9.17) is 21.1 Å². The summed E-state index contributed by atoms with van der Waals surface area (Å²) >= 11 is 6.08. The van der Waals surface area contributed by atoms with Gasteiger partial charge in [0.25, 0.3) is 0 Å². The molecule has 0 saturated carbocycles. The number of aryl methyl sites for hydroxylation is 1. The van der Waals surface area contributed by atoms with Crippen molar-refractivity contribution in [2.45, 2.75) is 65.3 Å². The lowest BCUT2D eigenvalue weighted by Crippen LogP contribution is -2.30. The van der Waals surface area contributed by atoms with E-state index in [0.717, 1.165) is 12.8 Å². The maximum Gasteiger partial charge on any atom is 0.250 e. The van der Waals surface area contributed by atoms with Crippen molar-refractivity contribution >= 4 is 23.2 Å². The van der Waals surface area contributed by atoms with Gasteiger partial charge in [-0.3, -0.25) is 4.79 Å². The minimum atomic E-state index is -0.435. The van der Waals surface area contributed by atoms with E-state index < -0.39 is 5.60 Å². The molecule has 1 amide bonds. The summed E-state index contributed by atoms with van der Waals surface area (Å²) in [6, 6.07) is 15.5. The number of hydrogen-bond donors (Lipinski definition) is 1. The number of amides is 1. The number of nitrogens with one attached hydrogen (secondary N) is 1. The average Bonchev–Trinajstić information content (AvgIpc) is 2.65. The number of carbonyl (C=O) groups excluding carboxylic acids is 1. The number of para-hydroxylation sites is 1. The van der Waals surface area contributed by atoms with Crippen LogP contribution in [-0.4, -0.2) is 23.7 Å². The van der Waals surface area contributed by atoms with Gasteiger partial charge in [0.2, 0.25) is 5.91 Å². The molecule has 2 rings (SSSR count). The molecule has 0 radical (unpaired) electrons. The van der Waals surface area contributed by atoms with Crippen LogP contribution < -0.4 is 5.32 Å². The lowest BCUT2D eigenvalue weighted by molar-refractivity contribution is -0.126. The molecule has 0 aliphatic heterocycles. The van der Waals surface area contributed by atoms with Gasteiger partial charge in [0.15, 0.2) is 0 Å². The summed E-state index contributed by atoms with van der Waals surface area (Å²) < 4.78 is 11.8. The van der Waals surface area contributed by atoms with Crippen molar-refractivity contribution in [3.8, 4) is 0 Å². The number of halogens is 1. The minimum Gasteiger partial charge on any atom is -0.371 e. The Labute approximate surface area is 179 Å². The molecule has 0 saturated heterocycles. The standard InChI is InChI=1S/C24H32ClNO3/c1-23(2,3)28-16-19-11-7-6-10-18(19)14-15-24(4,5)29-17-22(27)26-21-13-9-8-12-20(21)25/h6-13H,14-17H2,1-5H3,(H,26,27). The Morgan fingerprint density at radius 1 is 0.931 bits per heavy atom. The highest BCUT2D eigenvalue weighted by atomic mass is 35.5. The summed E-state index contributed by atoms with van der Waals surface area (Å²) in [5.41, 5.74) is 2.41. The van der Waals surface area contributed by atoms with Crippen molar-refractivity contribution in [1.29, 1.82) is 0 Å². The molecule has 0 aliphatic carbocycles. The van der Waals surface area contributed by atoms with E-state index in [1.807, 2.05) is 38.1 Å². The fourth-order valence-corrected chi connectivity index (χ4v) is 2.94. The first-order chi connectivity index (χ1) is 13.6. The smallest absolute Gasteiger partial charge is 0.250 e. The molecule has 0 spiro atoms. The number of carbonyl (C=O) groups is 1. The van der Waals surface area contributed by atoms with Crippen LogP contribution in [0.3, 0.4) is 0 Å². The molecule has 29 heavy (non-hydrogen) atoms. The maximum absolute atomic E-state index is 12.2. The van der Waals surface area contributed by atoms with Gasteiger partial charge in [-0.25, -0.2) is 0 Å². The van der Waals surface area contributed by atoms with Crippen LogP contribution >= 0.6 is 11.6 Å². The van der Waals surface area contributed by atoms with Crippen molar-refractivity contribution in [2.24, 2.45) is 0 Å². The molecule has 0 fully saturated rings. The van der Waals surface area contributed by atoms with Gasteiger partial charge in [0.1, 0.15) is 6.61 Å². The summed E-state index contributed by atoms with van der Waals surface area (Å²) in [6.45, 7) is 10.7. The summed E-state index contributed by atoms with van der Waals surface area (Å²) in [5.74, 6) is -0.217. The highest BCUT2D eigenvalue weighted by molar-refractivity contribution is 6.33. The first-order valence-electron chi connectivity index (χ1n) is 9.95. The SMILES string of the molecule is CC(C)(C)OCc1ccccc1CCC(C)(C)OCC(=O)Nc1ccccc1Cl. The van der Waals surface area contributed by atoms with Gasteiger partial charge < -0.3 is 14.8 Å². The van der Waals surface area contributed by atoms with E-state index in [0.29, 0.717) is 17.3 Å². The average molecular weight is 418 g/mol.